The van der Waals surface area contributed by atoms with E-state index in [0.717, 1.165) is 43.4 Å². The van der Waals surface area contributed by atoms with E-state index in [9.17, 15) is 9.59 Å². The molecule has 3 heterocycles. The van der Waals surface area contributed by atoms with Crippen molar-refractivity contribution in [1.82, 2.24) is 19.9 Å². The van der Waals surface area contributed by atoms with Crippen molar-refractivity contribution in [2.45, 2.75) is 50.7 Å². The smallest absolute Gasteiger partial charge is 0.272 e. The number of aromatic nitrogens is 3. The lowest BCUT2D eigenvalue weighted by molar-refractivity contribution is 0.0728. The molecule has 1 aliphatic carbocycles. The van der Waals surface area contributed by atoms with Gasteiger partial charge in [0.2, 0.25) is 5.95 Å². The molecule has 10 nitrogen and oxygen atoms in total. The Bertz CT molecular complexity index is 1270. The van der Waals surface area contributed by atoms with Crippen LogP contribution < -0.4 is 22.1 Å². The number of pyridine rings is 1. The van der Waals surface area contributed by atoms with E-state index in [1.54, 1.807) is 23.2 Å². The van der Waals surface area contributed by atoms with Crippen LogP contribution in [0, 0.1) is 0 Å². The molecule has 0 spiro atoms. The highest BCUT2D eigenvalue weighted by atomic mass is 16.2. The van der Waals surface area contributed by atoms with E-state index in [-0.39, 0.29) is 23.6 Å². The second-order valence-electron chi connectivity index (χ2n) is 9.32. The Morgan fingerprint density at radius 3 is 2.69 bits per heavy atom. The number of carbonyl (C=O) groups excluding carboxylic acids is 2. The summed E-state index contributed by atoms with van der Waals surface area (Å²) in [5.74, 6) is 0.00285. The van der Waals surface area contributed by atoms with E-state index >= 15 is 0 Å². The van der Waals surface area contributed by atoms with Crippen molar-refractivity contribution >= 4 is 29.3 Å². The van der Waals surface area contributed by atoms with E-state index in [2.05, 4.69) is 25.6 Å². The molecular weight excluding hydrogens is 456 g/mol. The fourth-order valence-corrected chi connectivity index (χ4v) is 4.83. The van der Waals surface area contributed by atoms with Crippen molar-refractivity contribution in [3.05, 3.63) is 71.2 Å². The first-order valence-electron chi connectivity index (χ1n) is 12.3. The normalized spacial score (nSPS) is 19.3. The van der Waals surface area contributed by atoms with Crippen molar-refractivity contribution < 1.29 is 9.59 Å². The molecule has 10 heteroatoms. The number of anilines is 3. The van der Waals surface area contributed by atoms with E-state index in [1.807, 2.05) is 24.3 Å². The van der Waals surface area contributed by atoms with Gasteiger partial charge in [0, 0.05) is 43.3 Å². The minimum Gasteiger partial charge on any atom is -0.365 e. The first-order chi connectivity index (χ1) is 17.5. The van der Waals surface area contributed by atoms with E-state index in [4.69, 9.17) is 11.5 Å². The van der Waals surface area contributed by atoms with Crippen molar-refractivity contribution in [1.29, 1.82) is 0 Å². The molecule has 2 unspecified atom stereocenters. The molecule has 5 rings (SSSR count). The summed E-state index contributed by atoms with van der Waals surface area (Å²) in [6.07, 6.45) is 7.93. The van der Waals surface area contributed by atoms with Gasteiger partial charge in [-0.3, -0.25) is 14.6 Å². The number of rotatable bonds is 6. The van der Waals surface area contributed by atoms with Gasteiger partial charge in [-0.2, -0.15) is 4.98 Å². The van der Waals surface area contributed by atoms with Crippen LogP contribution in [0.15, 0.2) is 48.8 Å². The van der Waals surface area contributed by atoms with Crippen LogP contribution in [0.3, 0.4) is 0 Å². The van der Waals surface area contributed by atoms with Gasteiger partial charge in [0.1, 0.15) is 17.1 Å². The average molecular weight is 487 g/mol. The van der Waals surface area contributed by atoms with Crippen LogP contribution in [0.4, 0.5) is 17.5 Å². The van der Waals surface area contributed by atoms with Gasteiger partial charge >= 0.3 is 0 Å². The highest BCUT2D eigenvalue weighted by molar-refractivity contribution is 5.98. The summed E-state index contributed by atoms with van der Waals surface area (Å²) in [7, 11) is 0. The van der Waals surface area contributed by atoms with Gasteiger partial charge in [-0.1, -0.05) is 25.0 Å². The SMILES string of the molecule is NC(=O)c1cnc(NC2CCCCC2N)nc1Nc1ccc2c(c1)CN(C(=O)c1ccccn1)CC2. The van der Waals surface area contributed by atoms with Crippen molar-refractivity contribution in [3.8, 4) is 0 Å². The molecule has 0 bridgehead atoms. The topological polar surface area (TPSA) is 152 Å². The predicted molar refractivity (Wildman–Crippen MR) is 137 cm³/mol. The van der Waals surface area contributed by atoms with Gasteiger partial charge in [-0.05, 0) is 54.7 Å². The summed E-state index contributed by atoms with van der Waals surface area (Å²) >= 11 is 0. The Balaban J connectivity index is 1.36. The van der Waals surface area contributed by atoms with Gasteiger partial charge < -0.3 is 27.0 Å². The van der Waals surface area contributed by atoms with Crippen LogP contribution in [-0.4, -0.2) is 50.3 Å². The van der Waals surface area contributed by atoms with Gasteiger partial charge in [0.15, 0.2) is 0 Å². The number of nitrogens with one attached hydrogen (secondary N) is 2. The Morgan fingerprint density at radius 1 is 1.06 bits per heavy atom. The van der Waals surface area contributed by atoms with Crippen molar-refractivity contribution in [3.63, 3.8) is 0 Å². The van der Waals surface area contributed by atoms with Crippen LogP contribution in [0.1, 0.15) is 57.7 Å². The Kier molecular flexibility index (Phi) is 6.77. The number of hydrogen-bond donors (Lipinski definition) is 4. The average Bonchev–Trinajstić information content (AvgIpc) is 2.89. The highest BCUT2D eigenvalue weighted by Gasteiger charge is 2.24. The number of amides is 2. The van der Waals surface area contributed by atoms with E-state index < -0.39 is 5.91 Å². The third-order valence-corrected chi connectivity index (χ3v) is 6.84. The number of nitrogens with zero attached hydrogens (tertiary/aromatic N) is 4. The lowest BCUT2D eigenvalue weighted by Gasteiger charge is -2.29. The molecule has 1 aliphatic heterocycles. The molecular formula is C26H30N8O2. The third-order valence-electron chi connectivity index (χ3n) is 6.84. The molecule has 1 fully saturated rings. The fraction of sp³-hybridized carbons (Fsp3) is 0.346. The fourth-order valence-electron chi connectivity index (χ4n) is 4.83. The minimum absolute atomic E-state index is 0.0342. The number of hydrogen-bond acceptors (Lipinski definition) is 8. The largest absolute Gasteiger partial charge is 0.365 e. The summed E-state index contributed by atoms with van der Waals surface area (Å²) in [6.45, 7) is 1.10. The first-order valence-corrected chi connectivity index (χ1v) is 12.3. The van der Waals surface area contributed by atoms with E-state index in [1.165, 1.54) is 11.8 Å². The van der Waals surface area contributed by atoms with Crippen LogP contribution in [0.25, 0.3) is 0 Å². The zero-order chi connectivity index (χ0) is 25.1. The third kappa shape index (κ3) is 5.13. The minimum atomic E-state index is -0.622. The molecule has 2 atom stereocenters. The van der Waals surface area contributed by atoms with E-state index in [0.29, 0.717) is 30.5 Å². The zero-order valence-electron chi connectivity index (χ0n) is 20.0. The molecule has 2 aromatic heterocycles. The first kappa shape index (κ1) is 23.7. The Labute approximate surface area is 209 Å². The zero-order valence-corrected chi connectivity index (χ0v) is 20.0. The molecule has 186 valence electrons. The molecule has 2 amide bonds. The number of nitrogens with two attached hydrogens (primary N) is 2. The summed E-state index contributed by atoms with van der Waals surface area (Å²) in [5, 5.41) is 6.55. The Hall–Kier alpha value is -4.05. The van der Waals surface area contributed by atoms with Gasteiger partial charge in [-0.25, -0.2) is 4.98 Å². The molecule has 2 aliphatic rings. The standard InChI is InChI=1S/C26H30N8O2/c27-20-5-1-2-6-21(20)32-26-30-14-19(23(28)35)24(33-26)31-18-9-8-16-10-12-34(15-17(16)13-18)25(36)22-7-3-4-11-29-22/h3-4,7-9,11,13-14,20-21H,1-2,5-6,10,12,15,27H2,(H2,28,35)(H2,30,31,32,33). The Morgan fingerprint density at radius 2 is 1.92 bits per heavy atom. The summed E-state index contributed by atoms with van der Waals surface area (Å²) in [4.78, 5) is 39.8. The van der Waals surface area contributed by atoms with Crippen molar-refractivity contribution in [2.75, 3.05) is 17.2 Å². The molecule has 6 N–H and O–H groups in total. The van der Waals surface area contributed by atoms with Gasteiger partial charge in [0.05, 0.1) is 0 Å². The maximum atomic E-state index is 12.9. The monoisotopic (exact) mass is 486 g/mol. The summed E-state index contributed by atoms with van der Waals surface area (Å²) < 4.78 is 0. The maximum Gasteiger partial charge on any atom is 0.272 e. The van der Waals surface area contributed by atoms with Gasteiger partial charge in [-0.15, -0.1) is 0 Å². The summed E-state index contributed by atoms with van der Waals surface area (Å²) in [6, 6.07) is 11.4. The lowest BCUT2D eigenvalue weighted by Crippen LogP contribution is -2.43. The molecule has 3 aromatic rings. The molecule has 0 radical (unpaired) electrons. The quantitative estimate of drug-likeness (QED) is 0.415. The second kappa shape index (κ2) is 10.3. The van der Waals surface area contributed by atoms with Crippen LogP contribution in [0.2, 0.25) is 0 Å². The van der Waals surface area contributed by atoms with Crippen LogP contribution in [-0.2, 0) is 13.0 Å². The number of fused-ring (bicyclic) bond motifs is 1. The number of carbonyl (C=O) groups is 2. The molecule has 36 heavy (non-hydrogen) atoms. The lowest BCUT2D eigenvalue weighted by atomic mass is 9.91. The molecule has 0 saturated heterocycles. The molecule has 1 aromatic carbocycles. The van der Waals surface area contributed by atoms with Crippen LogP contribution in [0.5, 0.6) is 0 Å². The number of primary amides is 1. The van der Waals surface area contributed by atoms with Crippen LogP contribution >= 0.6 is 0 Å². The number of benzene rings is 1. The van der Waals surface area contributed by atoms with Crippen molar-refractivity contribution in [2.24, 2.45) is 11.5 Å². The summed E-state index contributed by atoms with van der Waals surface area (Å²) in [5.41, 5.74) is 15.4. The molecule has 1 saturated carbocycles. The predicted octanol–water partition coefficient (Wildman–Crippen LogP) is 2.59. The second-order valence-corrected chi connectivity index (χ2v) is 9.32. The highest BCUT2D eigenvalue weighted by Crippen LogP contribution is 2.27. The maximum absolute atomic E-state index is 12.9. The van der Waals surface area contributed by atoms with Gasteiger partial charge in [0.25, 0.3) is 11.8 Å².